The molecule has 0 spiro atoms. The van der Waals surface area contributed by atoms with Crippen LogP contribution in [-0.4, -0.2) is 44.1 Å². The zero-order valence-electron chi connectivity index (χ0n) is 14.5. The first-order valence-corrected chi connectivity index (χ1v) is 8.57. The van der Waals surface area contributed by atoms with Crippen molar-refractivity contribution >= 4 is 11.6 Å². The predicted octanol–water partition coefficient (Wildman–Crippen LogP) is 3.12. The molecule has 0 unspecified atom stereocenters. The van der Waals surface area contributed by atoms with Gasteiger partial charge in [0.1, 0.15) is 0 Å². The second kappa shape index (κ2) is 8.01. The first-order valence-electron chi connectivity index (χ1n) is 8.57. The summed E-state index contributed by atoms with van der Waals surface area (Å²) in [7, 11) is 1.44. The number of carbonyl (C=O) groups excluding carboxylic acids is 1. The summed E-state index contributed by atoms with van der Waals surface area (Å²) in [6.45, 7) is 3.13. The van der Waals surface area contributed by atoms with Crippen molar-refractivity contribution in [3.8, 4) is 5.75 Å². The fourth-order valence-electron chi connectivity index (χ4n) is 3.13. The molecule has 0 aromatic heterocycles. The molecular weight excluding hydrogens is 319 g/mol. The molecular formula is C20H23FN2O2. The van der Waals surface area contributed by atoms with Crippen LogP contribution in [0, 0.1) is 5.82 Å². The maximum Gasteiger partial charge on any atom is 0.223 e. The monoisotopic (exact) mass is 342 g/mol. The van der Waals surface area contributed by atoms with E-state index in [1.54, 1.807) is 6.07 Å². The van der Waals surface area contributed by atoms with Crippen LogP contribution < -0.4 is 9.64 Å². The Kier molecular flexibility index (Phi) is 5.53. The van der Waals surface area contributed by atoms with Crippen LogP contribution in [0.3, 0.4) is 0 Å². The summed E-state index contributed by atoms with van der Waals surface area (Å²) < 4.78 is 18.6. The van der Waals surface area contributed by atoms with Crippen molar-refractivity contribution in [2.75, 3.05) is 38.2 Å². The van der Waals surface area contributed by atoms with Crippen LogP contribution in [0.25, 0.3) is 0 Å². The van der Waals surface area contributed by atoms with Gasteiger partial charge in [0.25, 0.3) is 0 Å². The molecule has 1 heterocycles. The Labute approximate surface area is 147 Å². The molecule has 3 rings (SSSR count). The molecule has 1 fully saturated rings. The fourth-order valence-corrected chi connectivity index (χ4v) is 3.13. The van der Waals surface area contributed by atoms with Gasteiger partial charge in [0.15, 0.2) is 11.6 Å². The number of anilines is 1. The number of piperazine rings is 1. The highest BCUT2D eigenvalue weighted by Gasteiger charge is 2.21. The van der Waals surface area contributed by atoms with Crippen molar-refractivity contribution in [3.05, 3.63) is 59.9 Å². The number of hydrogen-bond acceptors (Lipinski definition) is 3. The molecule has 0 bridgehead atoms. The molecule has 0 saturated carbocycles. The second-order valence-electron chi connectivity index (χ2n) is 6.17. The van der Waals surface area contributed by atoms with Crippen LogP contribution in [0.15, 0.2) is 48.5 Å². The number of carbonyl (C=O) groups is 1. The molecule has 1 amide bonds. The Morgan fingerprint density at radius 3 is 2.44 bits per heavy atom. The van der Waals surface area contributed by atoms with E-state index in [2.05, 4.69) is 17.0 Å². The summed E-state index contributed by atoms with van der Waals surface area (Å²) in [5, 5.41) is 0. The quantitative estimate of drug-likeness (QED) is 0.837. The van der Waals surface area contributed by atoms with Gasteiger partial charge in [0, 0.05) is 38.3 Å². The molecule has 2 aromatic rings. The molecule has 0 aliphatic carbocycles. The maximum absolute atomic E-state index is 13.7. The average molecular weight is 342 g/mol. The van der Waals surface area contributed by atoms with E-state index in [0.29, 0.717) is 12.8 Å². The van der Waals surface area contributed by atoms with E-state index in [4.69, 9.17) is 4.74 Å². The summed E-state index contributed by atoms with van der Waals surface area (Å²) >= 11 is 0. The van der Waals surface area contributed by atoms with Crippen LogP contribution in [0.1, 0.15) is 12.0 Å². The van der Waals surface area contributed by atoms with Crippen molar-refractivity contribution in [1.82, 2.24) is 4.90 Å². The number of rotatable bonds is 5. The molecule has 2 aromatic carbocycles. The van der Waals surface area contributed by atoms with Gasteiger partial charge in [-0.3, -0.25) is 4.79 Å². The highest BCUT2D eigenvalue weighted by atomic mass is 19.1. The lowest BCUT2D eigenvalue weighted by atomic mass is 10.1. The molecule has 0 radical (unpaired) electrons. The van der Waals surface area contributed by atoms with Crippen LogP contribution in [0.4, 0.5) is 10.1 Å². The van der Waals surface area contributed by atoms with Crippen LogP contribution in [-0.2, 0) is 11.2 Å². The number of halogens is 1. The van der Waals surface area contributed by atoms with Crippen molar-refractivity contribution in [1.29, 1.82) is 0 Å². The second-order valence-corrected chi connectivity index (χ2v) is 6.17. The molecule has 5 heteroatoms. The van der Waals surface area contributed by atoms with E-state index >= 15 is 0 Å². The molecule has 25 heavy (non-hydrogen) atoms. The summed E-state index contributed by atoms with van der Waals surface area (Å²) in [5.41, 5.74) is 2.01. The summed E-state index contributed by atoms with van der Waals surface area (Å²) in [6, 6.07) is 15.1. The Morgan fingerprint density at radius 1 is 1.08 bits per heavy atom. The van der Waals surface area contributed by atoms with Gasteiger partial charge in [-0.05, 0) is 36.2 Å². The summed E-state index contributed by atoms with van der Waals surface area (Å²) in [6.07, 6.45) is 0.940. The van der Waals surface area contributed by atoms with Crippen molar-refractivity contribution in [2.45, 2.75) is 12.8 Å². The van der Waals surface area contributed by atoms with Gasteiger partial charge in [0.05, 0.1) is 7.11 Å². The lowest BCUT2D eigenvalue weighted by Crippen LogP contribution is -2.48. The van der Waals surface area contributed by atoms with E-state index in [1.807, 2.05) is 29.2 Å². The Bertz CT molecular complexity index is 713. The van der Waals surface area contributed by atoms with Gasteiger partial charge in [-0.2, -0.15) is 0 Å². The third kappa shape index (κ3) is 4.29. The SMILES string of the molecule is COc1ccc(CCC(=O)N2CCN(c3ccccc3)CC2)cc1F. The molecule has 0 atom stereocenters. The van der Waals surface area contributed by atoms with Crippen molar-refractivity contribution in [3.63, 3.8) is 0 Å². The number of benzene rings is 2. The number of para-hydroxylation sites is 1. The topological polar surface area (TPSA) is 32.8 Å². The number of nitrogens with zero attached hydrogens (tertiary/aromatic N) is 2. The minimum atomic E-state index is -0.385. The van der Waals surface area contributed by atoms with Crippen LogP contribution in [0.5, 0.6) is 5.75 Å². The Balaban J connectivity index is 1.49. The van der Waals surface area contributed by atoms with Gasteiger partial charge in [0.2, 0.25) is 5.91 Å². The number of aryl methyl sites for hydroxylation is 1. The van der Waals surface area contributed by atoms with Gasteiger partial charge in [-0.25, -0.2) is 4.39 Å². The molecule has 1 saturated heterocycles. The predicted molar refractivity (Wildman–Crippen MR) is 96.5 cm³/mol. The molecule has 1 aliphatic rings. The van der Waals surface area contributed by atoms with E-state index < -0.39 is 0 Å². The Morgan fingerprint density at radius 2 is 1.80 bits per heavy atom. The highest BCUT2D eigenvalue weighted by Crippen LogP contribution is 2.19. The highest BCUT2D eigenvalue weighted by molar-refractivity contribution is 5.76. The van der Waals surface area contributed by atoms with Gasteiger partial charge >= 0.3 is 0 Å². The first-order chi connectivity index (χ1) is 12.2. The van der Waals surface area contributed by atoms with Crippen LogP contribution >= 0.6 is 0 Å². The third-order valence-corrected chi connectivity index (χ3v) is 4.60. The van der Waals surface area contributed by atoms with Crippen LogP contribution in [0.2, 0.25) is 0 Å². The van der Waals surface area contributed by atoms with Gasteiger partial charge in [-0.15, -0.1) is 0 Å². The van der Waals surface area contributed by atoms with E-state index in [-0.39, 0.29) is 17.5 Å². The molecule has 1 aliphatic heterocycles. The largest absolute Gasteiger partial charge is 0.494 e. The zero-order chi connectivity index (χ0) is 17.6. The standard InChI is InChI=1S/C20H23FN2O2/c1-25-19-9-7-16(15-18(19)21)8-10-20(24)23-13-11-22(12-14-23)17-5-3-2-4-6-17/h2-7,9,15H,8,10-14H2,1H3. The smallest absolute Gasteiger partial charge is 0.223 e. The minimum Gasteiger partial charge on any atom is -0.494 e. The number of hydrogen-bond donors (Lipinski definition) is 0. The number of methoxy groups -OCH3 is 1. The minimum absolute atomic E-state index is 0.129. The zero-order valence-corrected chi connectivity index (χ0v) is 14.5. The fraction of sp³-hybridized carbons (Fsp3) is 0.350. The van der Waals surface area contributed by atoms with Crippen molar-refractivity contribution in [2.24, 2.45) is 0 Å². The maximum atomic E-state index is 13.7. The molecule has 132 valence electrons. The lowest BCUT2D eigenvalue weighted by Gasteiger charge is -2.36. The van der Waals surface area contributed by atoms with Gasteiger partial charge < -0.3 is 14.5 Å². The van der Waals surface area contributed by atoms with E-state index in [0.717, 1.165) is 31.7 Å². The number of ether oxygens (including phenoxy) is 1. The Hall–Kier alpha value is -2.56. The van der Waals surface area contributed by atoms with E-state index in [9.17, 15) is 9.18 Å². The summed E-state index contributed by atoms with van der Waals surface area (Å²) in [4.78, 5) is 16.6. The number of amides is 1. The average Bonchev–Trinajstić information content (AvgIpc) is 2.67. The molecule has 4 nitrogen and oxygen atoms in total. The van der Waals surface area contributed by atoms with Crippen molar-refractivity contribution < 1.29 is 13.9 Å². The lowest BCUT2D eigenvalue weighted by molar-refractivity contribution is -0.131. The first kappa shape index (κ1) is 17.3. The third-order valence-electron chi connectivity index (χ3n) is 4.60. The normalized spacial score (nSPS) is 14.5. The van der Waals surface area contributed by atoms with E-state index in [1.165, 1.54) is 18.9 Å². The summed E-state index contributed by atoms with van der Waals surface area (Å²) in [5.74, 6) is -0.0278. The van der Waals surface area contributed by atoms with Gasteiger partial charge in [-0.1, -0.05) is 24.3 Å². The molecule has 0 N–H and O–H groups in total.